The first-order valence-corrected chi connectivity index (χ1v) is 17.8. The van der Waals surface area contributed by atoms with Gasteiger partial charge in [-0.1, -0.05) is 29.3 Å². The Morgan fingerprint density at radius 3 is 2.35 bits per heavy atom. The molecular formula is C39H38Cl2F3N5O5. The average Bonchev–Trinajstić information content (AvgIpc) is 3.74. The molecule has 3 aromatic carbocycles. The Morgan fingerprint density at radius 1 is 1.04 bits per heavy atom. The minimum Gasteiger partial charge on any atom is -0.494 e. The van der Waals surface area contributed by atoms with Crippen LogP contribution in [0, 0.1) is 27.7 Å². The van der Waals surface area contributed by atoms with Gasteiger partial charge in [-0.25, -0.2) is 4.79 Å². The molecule has 0 spiro atoms. The third kappa shape index (κ3) is 7.47. The van der Waals surface area contributed by atoms with E-state index in [1.165, 1.54) is 12.1 Å². The maximum absolute atomic E-state index is 13.3. The second kappa shape index (κ2) is 14.9. The number of alkyl halides is 3. The summed E-state index contributed by atoms with van der Waals surface area (Å²) in [4.78, 5) is 29.3. The lowest BCUT2D eigenvalue weighted by Crippen LogP contribution is -2.24. The van der Waals surface area contributed by atoms with E-state index in [4.69, 9.17) is 27.9 Å². The number of nitrogens with one attached hydrogen (secondary N) is 1. The van der Waals surface area contributed by atoms with Crippen LogP contribution in [0.4, 0.5) is 18.9 Å². The summed E-state index contributed by atoms with van der Waals surface area (Å²) >= 11 is 13.3. The average molecular weight is 785 g/mol. The zero-order valence-electron chi connectivity index (χ0n) is 30.4. The van der Waals surface area contributed by atoms with Crippen molar-refractivity contribution in [2.45, 2.75) is 53.4 Å². The predicted molar refractivity (Wildman–Crippen MR) is 204 cm³/mol. The molecule has 0 aliphatic heterocycles. The molecule has 284 valence electrons. The summed E-state index contributed by atoms with van der Waals surface area (Å²) < 4.78 is 54.0. The van der Waals surface area contributed by atoms with Gasteiger partial charge in [-0.05, 0) is 87.6 Å². The first kappa shape index (κ1) is 38.6. The first-order chi connectivity index (χ1) is 25.5. The number of anilines is 1. The number of benzene rings is 3. The summed E-state index contributed by atoms with van der Waals surface area (Å²) in [7, 11) is 3.51. The highest BCUT2D eigenvalue weighted by Crippen LogP contribution is 2.42. The molecule has 0 saturated heterocycles. The number of rotatable bonds is 13. The highest BCUT2D eigenvalue weighted by atomic mass is 35.5. The number of aldehydes is 1. The zero-order chi connectivity index (χ0) is 39.2. The predicted octanol–water partition coefficient (Wildman–Crippen LogP) is 9.62. The number of hydrogen-bond donors (Lipinski definition) is 2. The highest BCUT2D eigenvalue weighted by Gasteiger charge is 2.32. The van der Waals surface area contributed by atoms with Crippen LogP contribution in [0.5, 0.6) is 11.5 Å². The number of likely N-dealkylation sites (N-methyl/N-ethyl adjacent to an activating group) is 1. The van der Waals surface area contributed by atoms with Crippen LogP contribution in [-0.4, -0.2) is 63.3 Å². The second-order valence-corrected chi connectivity index (χ2v) is 14.1. The van der Waals surface area contributed by atoms with Gasteiger partial charge in [-0.2, -0.15) is 5.10 Å². The van der Waals surface area contributed by atoms with Crippen molar-refractivity contribution in [3.05, 3.63) is 92.0 Å². The van der Waals surface area contributed by atoms with Gasteiger partial charge in [0.15, 0.2) is 6.29 Å². The maximum Gasteiger partial charge on any atom is 0.573 e. The number of aromatic carboxylic acids is 1. The van der Waals surface area contributed by atoms with Crippen molar-refractivity contribution >= 4 is 63.0 Å². The van der Waals surface area contributed by atoms with Gasteiger partial charge in [-0.3, -0.25) is 9.48 Å². The van der Waals surface area contributed by atoms with E-state index in [-0.39, 0.29) is 29.9 Å². The fourth-order valence-corrected chi connectivity index (χ4v) is 7.48. The second-order valence-electron chi connectivity index (χ2n) is 13.3. The largest absolute Gasteiger partial charge is 0.573 e. The topological polar surface area (TPSA) is 115 Å². The monoisotopic (exact) mass is 783 g/mol. The maximum atomic E-state index is 13.3. The molecule has 0 fully saturated rings. The van der Waals surface area contributed by atoms with Crippen molar-refractivity contribution in [3.63, 3.8) is 0 Å². The number of halogens is 5. The van der Waals surface area contributed by atoms with Gasteiger partial charge < -0.3 is 29.0 Å². The van der Waals surface area contributed by atoms with Gasteiger partial charge in [0.1, 0.15) is 17.2 Å². The summed E-state index contributed by atoms with van der Waals surface area (Å²) in [5, 5.41) is 16.4. The summed E-state index contributed by atoms with van der Waals surface area (Å²) in [5.41, 5.74) is 7.28. The number of aromatic nitrogens is 4. The smallest absolute Gasteiger partial charge is 0.494 e. The summed E-state index contributed by atoms with van der Waals surface area (Å²) in [6.07, 6.45) is -3.09. The SMILES string of the molecule is Cc1cc(OCCCc2c(C=O)n(CCN(C)c3cc(OC(F)(F)F)cc4cc(C(=O)O)[nH]c34)c3c(-c4c(C)nn(C)c4C)c(Cl)ccc23)cc(C)c1Cl. The molecule has 2 N–H and O–H groups in total. The molecule has 0 saturated carbocycles. The van der Waals surface area contributed by atoms with Crippen LogP contribution in [0.15, 0.2) is 42.5 Å². The van der Waals surface area contributed by atoms with E-state index in [9.17, 15) is 27.9 Å². The Hall–Kier alpha value is -5.14. The minimum absolute atomic E-state index is 0.186. The lowest BCUT2D eigenvalue weighted by atomic mass is 9.98. The summed E-state index contributed by atoms with van der Waals surface area (Å²) in [6.45, 7) is 8.42. The van der Waals surface area contributed by atoms with Gasteiger partial charge in [0.2, 0.25) is 0 Å². The molecule has 0 aliphatic rings. The third-order valence-corrected chi connectivity index (χ3v) is 10.6. The highest BCUT2D eigenvalue weighted by molar-refractivity contribution is 6.35. The number of carbonyl (C=O) groups excluding carboxylic acids is 1. The molecule has 0 aliphatic carbocycles. The Labute approximate surface area is 319 Å². The van der Waals surface area contributed by atoms with Crippen LogP contribution in [0.2, 0.25) is 10.0 Å². The lowest BCUT2D eigenvalue weighted by Gasteiger charge is -2.23. The van der Waals surface area contributed by atoms with E-state index in [0.29, 0.717) is 57.5 Å². The summed E-state index contributed by atoms with van der Waals surface area (Å²) in [5.74, 6) is -1.07. The fourth-order valence-electron chi connectivity index (χ4n) is 7.12. The number of H-pyrrole nitrogens is 1. The molecule has 6 rings (SSSR count). The fraction of sp³-hybridized carbons (Fsp3) is 0.308. The van der Waals surface area contributed by atoms with Crippen LogP contribution >= 0.6 is 23.2 Å². The van der Waals surface area contributed by atoms with E-state index in [1.807, 2.05) is 63.6 Å². The zero-order valence-corrected chi connectivity index (χ0v) is 31.9. The molecule has 6 aromatic rings. The van der Waals surface area contributed by atoms with E-state index in [2.05, 4.69) is 14.8 Å². The number of carbonyl (C=O) groups is 2. The number of hydrogen-bond acceptors (Lipinski definition) is 6. The van der Waals surface area contributed by atoms with E-state index in [1.54, 1.807) is 16.6 Å². The Kier molecular flexibility index (Phi) is 10.7. The first-order valence-electron chi connectivity index (χ1n) is 17.0. The van der Waals surface area contributed by atoms with E-state index >= 15 is 0 Å². The van der Waals surface area contributed by atoms with E-state index in [0.717, 1.165) is 51.4 Å². The van der Waals surface area contributed by atoms with Crippen molar-refractivity contribution < 1.29 is 37.3 Å². The number of fused-ring (bicyclic) bond motifs is 2. The van der Waals surface area contributed by atoms with Gasteiger partial charge in [-0.15, -0.1) is 13.2 Å². The third-order valence-electron chi connectivity index (χ3n) is 9.66. The van der Waals surface area contributed by atoms with Gasteiger partial charge in [0, 0.05) is 65.9 Å². The van der Waals surface area contributed by atoms with Crippen molar-refractivity contribution in [2.75, 3.05) is 25.1 Å². The number of aryl methyl sites for hydroxylation is 5. The molecule has 3 aromatic heterocycles. The Morgan fingerprint density at radius 2 is 1.74 bits per heavy atom. The number of nitrogens with zero attached hydrogens (tertiary/aromatic N) is 4. The van der Waals surface area contributed by atoms with Crippen molar-refractivity contribution in [1.82, 2.24) is 19.3 Å². The number of ether oxygens (including phenoxy) is 2. The molecule has 10 nitrogen and oxygen atoms in total. The molecule has 0 radical (unpaired) electrons. The van der Waals surface area contributed by atoms with Crippen LogP contribution in [0.25, 0.3) is 32.9 Å². The van der Waals surface area contributed by atoms with Gasteiger partial charge in [0.05, 0.1) is 39.7 Å². The molecular weight excluding hydrogens is 746 g/mol. The van der Waals surface area contributed by atoms with Crippen molar-refractivity contribution in [2.24, 2.45) is 7.05 Å². The summed E-state index contributed by atoms with van der Waals surface area (Å²) in [6, 6.07) is 11.1. The number of aromatic amines is 1. The normalized spacial score (nSPS) is 11.8. The van der Waals surface area contributed by atoms with Gasteiger partial charge in [0.25, 0.3) is 0 Å². The number of carboxylic acid groups (broad SMARTS) is 1. The Bertz CT molecular complexity index is 2410. The minimum atomic E-state index is -4.97. The van der Waals surface area contributed by atoms with Crippen molar-refractivity contribution in [3.8, 4) is 22.6 Å². The van der Waals surface area contributed by atoms with Crippen molar-refractivity contribution in [1.29, 1.82) is 0 Å². The molecule has 15 heteroatoms. The standard InChI is InChI=1S/C39H38Cl2F3N5O5/c1-20-14-25(15-21(2)35(20)41)53-13-7-8-27-28-9-10-29(40)34(33-22(3)46-48(6)23(33)4)37(28)49(32(27)19-50)12-11-47(5)31-18-26(54-39(42,43)44)16-24-17-30(38(51)52)45-36(24)31/h9-10,14-19,45H,7-8,11-13H2,1-6H3,(H,51,52). The molecule has 54 heavy (non-hydrogen) atoms. The molecule has 0 unspecified atom stereocenters. The van der Waals surface area contributed by atoms with Crippen LogP contribution in [0.3, 0.4) is 0 Å². The van der Waals surface area contributed by atoms with Gasteiger partial charge >= 0.3 is 12.3 Å². The molecule has 0 atom stereocenters. The quantitative estimate of drug-likeness (QED) is 0.0886. The lowest BCUT2D eigenvalue weighted by molar-refractivity contribution is -0.274. The van der Waals surface area contributed by atoms with Crippen LogP contribution < -0.4 is 14.4 Å². The number of carboxylic acids is 1. The van der Waals surface area contributed by atoms with E-state index < -0.39 is 18.1 Å². The molecule has 0 amide bonds. The molecule has 0 bridgehead atoms. The molecule has 3 heterocycles. The van der Waals surface area contributed by atoms with Crippen LogP contribution in [0.1, 0.15) is 55.5 Å². The van der Waals surface area contributed by atoms with Crippen LogP contribution in [-0.2, 0) is 20.0 Å². The Balaban J connectivity index is 1.42.